The summed E-state index contributed by atoms with van der Waals surface area (Å²) < 4.78 is 22.0. The summed E-state index contributed by atoms with van der Waals surface area (Å²) in [6.07, 6.45) is 5.43. The molecule has 4 aromatic rings. The van der Waals surface area contributed by atoms with Crippen molar-refractivity contribution in [3.8, 4) is 11.1 Å². The van der Waals surface area contributed by atoms with Crippen molar-refractivity contribution in [3.05, 3.63) is 58.9 Å². The van der Waals surface area contributed by atoms with E-state index in [9.17, 15) is 9.18 Å². The molecule has 0 amide bonds. The molecule has 1 atom stereocenters. The highest BCUT2D eigenvalue weighted by atomic mass is 19.1. The van der Waals surface area contributed by atoms with Crippen molar-refractivity contribution >= 4 is 16.7 Å². The van der Waals surface area contributed by atoms with E-state index in [1.165, 1.54) is 12.1 Å². The molecule has 1 fully saturated rings. The lowest BCUT2D eigenvalue weighted by Gasteiger charge is -2.12. The first-order chi connectivity index (χ1) is 13.2. The quantitative estimate of drug-likeness (QED) is 0.557. The first-order valence-corrected chi connectivity index (χ1v) is 8.82. The molecule has 5 rings (SSSR count). The Balaban J connectivity index is 1.62. The molecule has 0 saturated carbocycles. The summed E-state index contributed by atoms with van der Waals surface area (Å²) in [6.45, 7) is 1.25. The Bertz CT molecular complexity index is 1190. The number of pyridine rings is 1. The molecule has 27 heavy (non-hydrogen) atoms. The minimum atomic E-state index is -0.307. The van der Waals surface area contributed by atoms with Gasteiger partial charge in [-0.25, -0.2) is 8.91 Å². The molecule has 3 aromatic heterocycles. The number of aromatic nitrogens is 5. The van der Waals surface area contributed by atoms with Gasteiger partial charge in [-0.05, 0) is 36.6 Å². The maximum Gasteiger partial charge on any atom is 0.280 e. The lowest BCUT2D eigenvalue weighted by Crippen LogP contribution is -2.27. The van der Waals surface area contributed by atoms with Gasteiger partial charge in [0, 0.05) is 18.4 Å². The van der Waals surface area contributed by atoms with Gasteiger partial charge in [0.25, 0.3) is 5.56 Å². The molecule has 136 valence electrons. The maximum absolute atomic E-state index is 13.2. The third-order valence-corrected chi connectivity index (χ3v) is 4.91. The second kappa shape index (κ2) is 6.24. The highest BCUT2D eigenvalue weighted by Gasteiger charge is 2.19. The maximum atomic E-state index is 13.2. The molecule has 1 saturated heterocycles. The third-order valence-electron chi connectivity index (χ3n) is 4.91. The second-order valence-corrected chi connectivity index (χ2v) is 6.64. The van der Waals surface area contributed by atoms with E-state index in [0.717, 1.165) is 30.6 Å². The molecule has 1 aromatic carbocycles. The molecule has 4 heterocycles. The Morgan fingerprint density at radius 3 is 2.81 bits per heavy atom. The SMILES string of the molecule is O=c1c2nnc3c(-c4ccc(F)cc4)cnn3c2ccn1C[C@H]1CCCO1. The summed E-state index contributed by atoms with van der Waals surface area (Å²) >= 11 is 0. The van der Waals surface area contributed by atoms with E-state index in [1.54, 1.807) is 33.6 Å². The van der Waals surface area contributed by atoms with Crippen LogP contribution in [0.1, 0.15) is 12.8 Å². The summed E-state index contributed by atoms with van der Waals surface area (Å²) in [5.74, 6) is -0.307. The van der Waals surface area contributed by atoms with Crippen LogP contribution in [0.5, 0.6) is 0 Å². The fourth-order valence-corrected chi connectivity index (χ4v) is 3.51. The second-order valence-electron chi connectivity index (χ2n) is 6.64. The van der Waals surface area contributed by atoms with Crippen molar-refractivity contribution in [1.29, 1.82) is 0 Å². The van der Waals surface area contributed by atoms with Crippen LogP contribution in [0.3, 0.4) is 0 Å². The Morgan fingerprint density at radius 1 is 1.19 bits per heavy atom. The van der Waals surface area contributed by atoms with Crippen LogP contribution in [0, 0.1) is 5.82 Å². The van der Waals surface area contributed by atoms with Gasteiger partial charge in [-0.1, -0.05) is 12.1 Å². The van der Waals surface area contributed by atoms with Crippen molar-refractivity contribution in [2.45, 2.75) is 25.5 Å². The van der Waals surface area contributed by atoms with Crippen LogP contribution in [0.2, 0.25) is 0 Å². The first-order valence-electron chi connectivity index (χ1n) is 8.82. The van der Waals surface area contributed by atoms with Crippen molar-refractivity contribution in [2.75, 3.05) is 6.61 Å². The van der Waals surface area contributed by atoms with Crippen LogP contribution in [0.4, 0.5) is 4.39 Å². The van der Waals surface area contributed by atoms with E-state index in [4.69, 9.17) is 4.74 Å². The molecule has 1 aliphatic heterocycles. The number of ether oxygens (including phenoxy) is 1. The monoisotopic (exact) mass is 365 g/mol. The Labute approximate surface area is 153 Å². The Hall–Kier alpha value is -3.13. The fraction of sp³-hybridized carbons (Fsp3) is 0.263. The highest BCUT2D eigenvalue weighted by molar-refractivity contribution is 5.82. The van der Waals surface area contributed by atoms with Gasteiger partial charge in [0.1, 0.15) is 11.3 Å². The van der Waals surface area contributed by atoms with Gasteiger partial charge >= 0.3 is 0 Å². The number of nitrogens with zero attached hydrogens (tertiary/aromatic N) is 5. The van der Waals surface area contributed by atoms with Gasteiger partial charge in [-0.15, -0.1) is 10.2 Å². The van der Waals surface area contributed by atoms with E-state index >= 15 is 0 Å². The van der Waals surface area contributed by atoms with E-state index < -0.39 is 0 Å². The minimum Gasteiger partial charge on any atom is -0.376 e. The van der Waals surface area contributed by atoms with Gasteiger partial charge in [0.05, 0.1) is 18.8 Å². The molecule has 0 bridgehead atoms. The summed E-state index contributed by atoms with van der Waals surface area (Å²) in [6, 6.07) is 7.92. The molecular formula is C19H16FN5O2. The third kappa shape index (κ3) is 2.69. The molecule has 0 unspecified atom stereocenters. The minimum absolute atomic E-state index is 0.0617. The van der Waals surface area contributed by atoms with Crippen molar-refractivity contribution in [1.82, 2.24) is 24.4 Å². The van der Waals surface area contributed by atoms with Crippen LogP contribution in [0.25, 0.3) is 27.8 Å². The predicted molar refractivity (Wildman–Crippen MR) is 96.9 cm³/mol. The van der Waals surface area contributed by atoms with Gasteiger partial charge in [-0.2, -0.15) is 5.10 Å². The van der Waals surface area contributed by atoms with Crippen LogP contribution < -0.4 is 5.56 Å². The number of halogens is 1. The van der Waals surface area contributed by atoms with E-state index in [1.807, 2.05) is 6.07 Å². The van der Waals surface area contributed by atoms with Crippen LogP contribution in [0.15, 0.2) is 47.5 Å². The summed E-state index contributed by atoms with van der Waals surface area (Å²) in [4.78, 5) is 12.8. The number of benzene rings is 1. The molecular weight excluding hydrogens is 349 g/mol. The van der Waals surface area contributed by atoms with E-state index in [-0.39, 0.29) is 23.0 Å². The summed E-state index contributed by atoms with van der Waals surface area (Å²) in [5, 5.41) is 12.7. The zero-order valence-corrected chi connectivity index (χ0v) is 14.4. The van der Waals surface area contributed by atoms with Crippen LogP contribution in [-0.4, -0.2) is 37.1 Å². The Kier molecular flexibility index (Phi) is 3.71. The average Bonchev–Trinajstić information content (AvgIpc) is 3.34. The zero-order chi connectivity index (χ0) is 18.4. The Morgan fingerprint density at radius 2 is 2.04 bits per heavy atom. The molecule has 0 N–H and O–H groups in total. The molecule has 7 nitrogen and oxygen atoms in total. The van der Waals surface area contributed by atoms with Gasteiger partial charge < -0.3 is 9.30 Å². The van der Waals surface area contributed by atoms with Crippen LogP contribution in [-0.2, 0) is 11.3 Å². The van der Waals surface area contributed by atoms with Gasteiger partial charge in [-0.3, -0.25) is 4.79 Å². The average molecular weight is 365 g/mol. The molecule has 0 radical (unpaired) electrons. The fourth-order valence-electron chi connectivity index (χ4n) is 3.51. The van der Waals surface area contributed by atoms with Crippen molar-refractivity contribution in [2.24, 2.45) is 0 Å². The van der Waals surface area contributed by atoms with Gasteiger partial charge in [0.15, 0.2) is 11.2 Å². The van der Waals surface area contributed by atoms with E-state index in [2.05, 4.69) is 15.3 Å². The summed E-state index contributed by atoms with van der Waals surface area (Å²) in [5.41, 5.74) is 2.67. The number of fused-ring (bicyclic) bond motifs is 3. The zero-order valence-electron chi connectivity index (χ0n) is 14.4. The molecule has 8 heteroatoms. The predicted octanol–water partition coefficient (Wildman–Crippen LogP) is 2.42. The summed E-state index contributed by atoms with van der Waals surface area (Å²) in [7, 11) is 0. The first kappa shape index (κ1) is 16.1. The smallest absolute Gasteiger partial charge is 0.280 e. The normalized spacial score (nSPS) is 17.1. The largest absolute Gasteiger partial charge is 0.376 e. The molecule has 0 aliphatic carbocycles. The number of hydrogen-bond acceptors (Lipinski definition) is 5. The topological polar surface area (TPSA) is 74.3 Å². The lowest BCUT2D eigenvalue weighted by molar-refractivity contribution is 0.0963. The van der Waals surface area contributed by atoms with E-state index in [0.29, 0.717) is 17.7 Å². The number of rotatable bonds is 3. The number of hydrogen-bond donors (Lipinski definition) is 0. The van der Waals surface area contributed by atoms with Crippen molar-refractivity contribution < 1.29 is 9.13 Å². The van der Waals surface area contributed by atoms with Crippen molar-refractivity contribution in [3.63, 3.8) is 0 Å². The molecule has 1 aliphatic rings. The molecule has 0 spiro atoms. The van der Waals surface area contributed by atoms with Gasteiger partial charge in [0.2, 0.25) is 0 Å². The lowest BCUT2D eigenvalue weighted by atomic mass is 10.1. The van der Waals surface area contributed by atoms with Crippen LogP contribution >= 0.6 is 0 Å². The highest BCUT2D eigenvalue weighted by Crippen LogP contribution is 2.24. The standard InChI is InChI=1S/C19H16FN5O2/c20-13-5-3-12(4-6-13)15-10-21-25-16-7-8-24(11-14-2-1-9-27-14)19(26)17(16)22-23-18(15)25/h3-8,10,14H,1-2,9,11H2/t14-/m1/s1.